The second-order valence-corrected chi connectivity index (χ2v) is 3.42. The number of rotatable bonds is 5. The number of carbonyl (C=O) groups is 1. The average Bonchev–Trinajstić information content (AvgIpc) is 2.04. The minimum absolute atomic E-state index is 0.292. The summed E-state index contributed by atoms with van der Waals surface area (Å²) in [5, 5.41) is 10.8. The smallest absolute Gasteiger partial charge is 0.461 e. The molecular weight excluding hydrogens is 181 g/mol. The lowest BCUT2D eigenvalue weighted by Gasteiger charge is -2.04. The molecule has 2 N–H and O–H groups in total. The van der Waals surface area contributed by atoms with Crippen LogP contribution in [0.3, 0.4) is 0 Å². The van der Waals surface area contributed by atoms with E-state index in [1.54, 1.807) is 6.92 Å². The van der Waals surface area contributed by atoms with Crippen molar-refractivity contribution >= 4 is 13.9 Å². The van der Waals surface area contributed by atoms with Crippen molar-refractivity contribution in [2.45, 2.75) is 19.9 Å². The molecule has 6 heteroatoms. The van der Waals surface area contributed by atoms with Crippen LogP contribution in [0, 0.1) is 0 Å². The average molecular weight is 194 g/mol. The Hall–Kier alpha value is -0.510. The Bertz CT molecular complexity index is 173. The molecule has 0 bridgehead atoms. The van der Waals surface area contributed by atoms with Gasteiger partial charge in [0.1, 0.15) is 6.04 Å². The van der Waals surface area contributed by atoms with Gasteiger partial charge in [0.15, 0.2) is 0 Å². The summed E-state index contributed by atoms with van der Waals surface area (Å²) in [6.45, 7) is 3.51. The molecule has 0 aliphatic heterocycles. The second kappa shape index (κ2) is 6.06. The predicted molar refractivity (Wildman–Crippen MR) is 43.9 cm³/mol. The van der Waals surface area contributed by atoms with Crippen LogP contribution in [0.25, 0.3) is 0 Å². The van der Waals surface area contributed by atoms with Gasteiger partial charge in [-0.15, -0.1) is 0 Å². The third-order valence-corrected chi connectivity index (χ3v) is 2.04. The highest BCUT2D eigenvalue weighted by atomic mass is 31.1. The lowest BCUT2D eigenvalue weighted by molar-refractivity contribution is -0.144. The summed E-state index contributed by atoms with van der Waals surface area (Å²) >= 11 is 0. The van der Waals surface area contributed by atoms with E-state index in [0.29, 0.717) is 6.61 Å². The van der Waals surface area contributed by atoms with Crippen molar-refractivity contribution < 1.29 is 19.2 Å². The van der Waals surface area contributed by atoms with E-state index in [-0.39, 0.29) is 0 Å². The van der Waals surface area contributed by atoms with Crippen LogP contribution in [0.5, 0.6) is 0 Å². The first-order chi connectivity index (χ1) is 5.61. The van der Waals surface area contributed by atoms with Gasteiger partial charge >= 0.3 is 13.9 Å². The third-order valence-electron chi connectivity index (χ3n) is 1.11. The highest BCUT2D eigenvalue weighted by Gasteiger charge is 2.23. The number of hydrogen-bond acceptors (Lipinski definition) is 4. The Kier molecular flexibility index (Phi) is 5.80. The summed E-state index contributed by atoms with van der Waals surface area (Å²) in [5.41, 5.74) is 0. The van der Waals surface area contributed by atoms with Crippen molar-refractivity contribution in [2.75, 3.05) is 13.0 Å². The standard InChI is InChI=1S/C6H13NO4P/c1-3-11-6(9)5(2)7-12(10)4-8/h5,8H,3-4H2,1-2H3,(H,7,10)/q+1/t5-/m0/s1. The third kappa shape index (κ3) is 4.38. The molecule has 0 heterocycles. The van der Waals surface area contributed by atoms with Gasteiger partial charge in [-0.3, -0.25) is 4.79 Å². The van der Waals surface area contributed by atoms with Crippen LogP contribution < -0.4 is 5.09 Å². The van der Waals surface area contributed by atoms with Crippen molar-refractivity contribution in [3.05, 3.63) is 0 Å². The molecule has 0 rings (SSSR count). The molecule has 0 aromatic heterocycles. The molecule has 0 aliphatic rings. The van der Waals surface area contributed by atoms with Gasteiger partial charge in [-0.05, 0) is 18.4 Å². The summed E-state index contributed by atoms with van der Waals surface area (Å²) in [6.07, 6.45) is -0.473. The molecule has 0 aromatic rings. The Labute approximate surface area is 71.9 Å². The summed E-state index contributed by atoms with van der Waals surface area (Å²) in [7, 11) is -1.91. The molecule has 5 nitrogen and oxygen atoms in total. The van der Waals surface area contributed by atoms with Crippen LogP contribution in [0.1, 0.15) is 13.8 Å². The molecule has 0 spiro atoms. The van der Waals surface area contributed by atoms with E-state index in [9.17, 15) is 9.36 Å². The van der Waals surface area contributed by atoms with Crippen molar-refractivity contribution in [3.8, 4) is 0 Å². The van der Waals surface area contributed by atoms with E-state index in [4.69, 9.17) is 5.11 Å². The molecule has 0 fully saturated rings. The van der Waals surface area contributed by atoms with Gasteiger partial charge in [0.05, 0.1) is 6.61 Å². The number of aliphatic hydroxyl groups excluding tert-OH is 1. The molecule has 70 valence electrons. The highest BCUT2D eigenvalue weighted by Crippen LogP contribution is 2.12. The Morgan fingerprint density at radius 1 is 1.75 bits per heavy atom. The van der Waals surface area contributed by atoms with E-state index in [1.807, 2.05) is 0 Å². The Morgan fingerprint density at radius 3 is 2.75 bits per heavy atom. The molecule has 0 saturated heterocycles. The maximum atomic E-state index is 10.9. The van der Waals surface area contributed by atoms with E-state index in [1.165, 1.54) is 6.92 Å². The Morgan fingerprint density at radius 2 is 2.33 bits per heavy atom. The summed E-state index contributed by atoms with van der Waals surface area (Å²) in [6, 6.07) is -0.638. The van der Waals surface area contributed by atoms with Gasteiger partial charge in [0, 0.05) is 0 Å². The largest absolute Gasteiger partial charge is 0.465 e. The van der Waals surface area contributed by atoms with E-state index < -0.39 is 26.3 Å². The van der Waals surface area contributed by atoms with Crippen molar-refractivity contribution in [1.82, 2.24) is 5.09 Å². The zero-order valence-corrected chi connectivity index (χ0v) is 8.01. The topological polar surface area (TPSA) is 75.6 Å². The van der Waals surface area contributed by atoms with Gasteiger partial charge in [-0.2, -0.15) is 0 Å². The fourth-order valence-corrected chi connectivity index (χ4v) is 1.20. The fourth-order valence-electron chi connectivity index (χ4n) is 0.577. The van der Waals surface area contributed by atoms with Crippen LogP contribution in [0.15, 0.2) is 0 Å². The Balaban J connectivity index is 3.78. The van der Waals surface area contributed by atoms with Crippen LogP contribution >= 0.6 is 7.95 Å². The fraction of sp³-hybridized carbons (Fsp3) is 0.833. The summed E-state index contributed by atoms with van der Waals surface area (Å²) in [4.78, 5) is 10.9. The van der Waals surface area contributed by atoms with Crippen LogP contribution in [-0.2, 0) is 14.1 Å². The molecule has 0 aliphatic carbocycles. The van der Waals surface area contributed by atoms with Gasteiger partial charge in [0.2, 0.25) is 0 Å². The zero-order chi connectivity index (χ0) is 9.56. The minimum atomic E-state index is -1.91. The normalized spacial score (nSPS) is 13.8. The van der Waals surface area contributed by atoms with Gasteiger partial charge in [-0.1, -0.05) is 5.09 Å². The molecule has 1 unspecified atom stereocenters. The lowest BCUT2D eigenvalue weighted by Crippen LogP contribution is -2.31. The molecule has 0 aromatic carbocycles. The van der Waals surface area contributed by atoms with Gasteiger partial charge in [-0.25, -0.2) is 0 Å². The predicted octanol–water partition coefficient (Wildman–Crippen LogP) is 0.220. The molecular formula is C6H13NO4P+. The molecule has 0 radical (unpaired) electrons. The van der Waals surface area contributed by atoms with E-state index in [0.717, 1.165) is 0 Å². The highest BCUT2D eigenvalue weighted by molar-refractivity contribution is 7.42. The summed E-state index contributed by atoms with van der Waals surface area (Å²) < 4.78 is 15.3. The van der Waals surface area contributed by atoms with Gasteiger partial charge in [0.25, 0.3) is 6.35 Å². The van der Waals surface area contributed by atoms with Crippen molar-refractivity contribution in [1.29, 1.82) is 0 Å². The lowest BCUT2D eigenvalue weighted by atomic mass is 10.4. The van der Waals surface area contributed by atoms with Crippen LogP contribution in [0.4, 0.5) is 0 Å². The van der Waals surface area contributed by atoms with Gasteiger partial charge < -0.3 is 9.84 Å². The van der Waals surface area contributed by atoms with E-state index >= 15 is 0 Å². The maximum absolute atomic E-state index is 10.9. The second-order valence-electron chi connectivity index (χ2n) is 2.12. The van der Waals surface area contributed by atoms with E-state index in [2.05, 4.69) is 9.82 Å². The number of aliphatic hydroxyl groups is 1. The summed E-state index contributed by atoms with van der Waals surface area (Å²) in [5.74, 6) is -0.464. The maximum Gasteiger partial charge on any atom is 0.461 e. The monoisotopic (exact) mass is 194 g/mol. The first-order valence-electron chi connectivity index (χ1n) is 3.60. The number of esters is 1. The zero-order valence-electron chi connectivity index (χ0n) is 7.11. The first kappa shape index (κ1) is 11.5. The van der Waals surface area contributed by atoms with Crippen molar-refractivity contribution in [2.24, 2.45) is 0 Å². The number of ether oxygens (including phenoxy) is 1. The minimum Gasteiger partial charge on any atom is -0.465 e. The van der Waals surface area contributed by atoms with Crippen molar-refractivity contribution in [3.63, 3.8) is 0 Å². The number of hydrogen-bond donors (Lipinski definition) is 2. The number of nitrogens with one attached hydrogen (secondary N) is 1. The molecule has 12 heavy (non-hydrogen) atoms. The SMILES string of the molecule is CCOC(=O)[C@H](C)N[P+](=O)CO. The first-order valence-corrected chi connectivity index (χ1v) is 5.04. The number of carbonyl (C=O) groups excluding carboxylic acids is 1. The molecule has 0 saturated carbocycles. The molecule has 0 amide bonds. The molecule has 2 atom stereocenters. The van der Waals surface area contributed by atoms with Crippen LogP contribution in [-0.4, -0.2) is 30.1 Å². The van der Waals surface area contributed by atoms with Crippen LogP contribution in [0.2, 0.25) is 0 Å². The quantitative estimate of drug-likeness (QED) is 0.483.